The zero-order chi connectivity index (χ0) is 17.5. The zero-order valence-corrected chi connectivity index (χ0v) is 14.4. The standard InChI is InChI=1S/C14H17N5O3S2/c1-8(22-7-9-5-3-2-4-6-9)10(11(15)20)16-12(21)17-13-18-19-14(23)24-13/h2-6,8,10H,7H2,1H3,(H2,15,20)(H,19,23)(H2,16,17,18,21). The molecule has 2 atom stereocenters. The molecule has 2 aromatic rings. The monoisotopic (exact) mass is 367 g/mol. The summed E-state index contributed by atoms with van der Waals surface area (Å²) < 4.78 is 6.05. The Morgan fingerprint density at radius 3 is 2.71 bits per heavy atom. The molecule has 2 rings (SSSR count). The number of amides is 3. The molecule has 0 saturated carbocycles. The number of primary amides is 1. The van der Waals surface area contributed by atoms with Crippen LogP contribution in [0.2, 0.25) is 0 Å². The third-order valence-electron chi connectivity index (χ3n) is 3.08. The van der Waals surface area contributed by atoms with Crippen LogP contribution in [0.3, 0.4) is 0 Å². The summed E-state index contributed by atoms with van der Waals surface area (Å²) in [6.45, 7) is 1.97. The van der Waals surface area contributed by atoms with Crippen molar-refractivity contribution >= 4 is 40.6 Å². The number of carbonyl (C=O) groups excluding carboxylic acids is 2. The van der Waals surface area contributed by atoms with Crippen molar-refractivity contribution in [2.24, 2.45) is 5.73 Å². The number of nitrogens with zero attached hydrogens (tertiary/aromatic N) is 1. The topological polar surface area (TPSA) is 122 Å². The third kappa shape index (κ3) is 5.41. The van der Waals surface area contributed by atoms with Gasteiger partial charge in [-0.15, -0.1) is 5.10 Å². The third-order valence-corrected chi connectivity index (χ3v) is 4.08. The average molecular weight is 367 g/mol. The van der Waals surface area contributed by atoms with Crippen molar-refractivity contribution in [3.05, 3.63) is 39.8 Å². The van der Waals surface area contributed by atoms with Crippen molar-refractivity contribution in [2.45, 2.75) is 25.7 Å². The predicted octanol–water partition coefficient (Wildman–Crippen LogP) is 1.78. The van der Waals surface area contributed by atoms with Gasteiger partial charge in [-0.25, -0.2) is 4.79 Å². The Labute approximate surface area is 147 Å². The molecule has 0 spiro atoms. The largest absolute Gasteiger partial charge is 0.371 e. The molecule has 0 bridgehead atoms. The van der Waals surface area contributed by atoms with Crippen LogP contribution in [0, 0.1) is 3.95 Å². The summed E-state index contributed by atoms with van der Waals surface area (Å²) in [7, 11) is 0. The molecule has 0 aliphatic heterocycles. The van der Waals surface area contributed by atoms with Gasteiger partial charge in [0.15, 0.2) is 3.95 Å². The highest BCUT2D eigenvalue weighted by atomic mass is 32.1. The van der Waals surface area contributed by atoms with Crippen LogP contribution in [-0.2, 0) is 16.1 Å². The number of rotatable bonds is 7. The van der Waals surface area contributed by atoms with E-state index in [4.69, 9.17) is 22.7 Å². The Morgan fingerprint density at radius 2 is 2.12 bits per heavy atom. The van der Waals surface area contributed by atoms with E-state index in [0.717, 1.165) is 16.9 Å². The van der Waals surface area contributed by atoms with Crippen molar-refractivity contribution in [3.63, 3.8) is 0 Å². The van der Waals surface area contributed by atoms with Gasteiger partial charge >= 0.3 is 6.03 Å². The number of urea groups is 1. The Bertz CT molecular complexity index is 746. The van der Waals surface area contributed by atoms with Crippen LogP contribution in [0.25, 0.3) is 0 Å². The SMILES string of the molecule is CC(OCc1ccccc1)C(NC(=O)Nc1n[nH]c(=S)s1)C(N)=O. The molecule has 0 aliphatic rings. The van der Waals surface area contributed by atoms with Crippen molar-refractivity contribution in [2.75, 3.05) is 5.32 Å². The zero-order valence-electron chi connectivity index (χ0n) is 12.8. The lowest BCUT2D eigenvalue weighted by atomic mass is 10.1. The van der Waals surface area contributed by atoms with E-state index in [2.05, 4.69) is 20.8 Å². The van der Waals surface area contributed by atoms with E-state index in [1.807, 2.05) is 30.3 Å². The molecular weight excluding hydrogens is 350 g/mol. The fraction of sp³-hybridized carbons (Fsp3) is 0.286. The molecule has 5 N–H and O–H groups in total. The van der Waals surface area contributed by atoms with Crippen molar-refractivity contribution in [3.8, 4) is 0 Å². The molecule has 1 heterocycles. The maximum atomic E-state index is 11.9. The van der Waals surface area contributed by atoms with Crippen LogP contribution in [0.4, 0.5) is 9.93 Å². The first-order valence-electron chi connectivity index (χ1n) is 7.03. The molecular formula is C14H17N5O3S2. The molecule has 128 valence electrons. The molecule has 0 saturated heterocycles. The minimum atomic E-state index is -0.986. The fourth-order valence-electron chi connectivity index (χ4n) is 1.88. The van der Waals surface area contributed by atoms with Crippen LogP contribution in [0.5, 0.6) is 0 Å². The van der Waals surface area contributed by atoms with Gasteiger partial charge in [-0.1, -0.05) is 41.7 Å². The van der Waals surface area contributed by atoms with Gasteiger partial charge in [-0.2, -0.15) is 0 Å². The average Bonchev–Trinajstić information content (AvgIpc) is 2.96. The fourth-order valence-corrected chi connectivity index (χ4v) is 2.66. The van der Waals surface area contributed by atoms with Gasteiger partial charge in [0, 0.05) is 0 Å². The summed E-state index contributed by atoms with van der Waals surface area (Å²) in [6.07, 6.45) is -0.606. The van der Waals surface area contributed by atoms with Crippen molar-refractivity contribution in [1.29, 1.82) is 0 Å². The highest BCUT2D eigenvalue weighted by molar-refractivity contribution is 7.73. The van der Waals surface area contributed by atoms with E-state index in [1.54, 1.807) is 6.92 Å². The molecule has 1 aromatic heterocycles. The van der Waals surface area contributed by atoms with Gasteiger partial charge in [-0.3, -0.25) is 15.2 Å². The predicted molar refractivity (Wildman–Crippen MR) is 93.1 cm³/mol. The molecule has 2 unspecified atom stereocenters. The number of hydrogen-bond acceptors (Lipinski definition) is 6. The summed E-state index contributed by atoms with van der Waals surface area (Å²) >= 11 is 5.97. The van der Waals surface area contributed by atoms with E-state index < -0.39 is 24.1 Å². The Balaban J connectivity index is 1.91. The Kier molecular flexibility index (Phi) is 6.41. The number of anilines is 1. The number of hydrogen-bond donors (Lipinski definition) is 4. The summed E-state index contributed by atoms with van der Waals surface area (Å²) in [5.74, 6) is -0.694. The number of aromatic amines is 1. The molecule has 0 fully saturated rings. The van der Waals surface area contributed by atoms with Crippen LogP contribution in [0.15, 0.2) is 30.3 Å². The number of H-pyrrole nitrogens is 1. The normalized spacial score (nSPS) is 13.0. The molecule has 0 radical (unpaired) electrons. The highest BCUT2D eigenvalue weighted by Gasteiger charge is 2.26. The maximum absolute atomic E-state index is 11.9. The van der Waals surface area contributed by atoms with Gasteiger partial charge in [-0.05, 0) is 24.7 Å². The highest BCUT2D eigenvalue weighted by Crippen LogP contribution is 2.11. The lowest BCUT2D eigenvalue weighted by molar-refractivity contribution is -0.123. The maximum Gasteiger partial charge on any atom is 0.321 e. The number of carbonyl (C=O) groups is 2. The van der Waals surface area contributed by atoms with E-state index in [9.17, 15) is 9.59 Å². The number of nitrogens with two attached hydrogens (primary N) is 1. The molecule has 1 aromatic carbocycles. The number of nitrogens with one attached hydrogen (secondary N) is 3. The second-order valence-electron chi connectivity index (χ2n) is 4.90. The first-order chi connectivity index (χ1) is 11.5. The van der Waals surface area contributed by atoms with Gasteiger partial charge < -0.3 is 15.8 Å². The molecule has 10 heteroatoms. The van der Waals surface area contributed by atoms with Crippen LogP contribution < -0.4 is 16.4 Å². The van der Waals surface area contributed by atoms with Gasteiger partial charge in [0.05, 0.1) is 12.7 Å². The van der Waals surface area contributed by atoms with Gasteiger partial charge in [0.1, 0.15) is 6.04 Å². The van der Waals surface area contributed by atoms with Crippen LogP contribution in [0.1, 0.15) is 12.5 Å². The van der Waals surface area contributed by atoms with E-state index in [-0.39, 0.29) is 0 Å². The van der Waals surface area contributed by atoms with Gasteiger partial charge in [0.25, 0.3) is 0 Å². The number of ether oxygens (including phenoxy) is 1. The molecule has 24 heavy (non-hydrogen) atoms. The minimum absolute atomic E-state index is 0.290. The van der Waals surface area contributed by atoms with Crippen LogP contribution >= 0.6 is 23.6 Å². The van der Waals surface area contributed by atoms with E-state index in [0.29, 0.717) is 15.7 Å². The van der Waals surface area contributed by atoms with E-state index in [1.165, 1.54) is 0 Å². The minimum Gasteiger partial charge on any atom is -0.371 e. The summed E-state index contributed by atoms with van der Waals surface area (Å²) in [6, 6.07) is 7.87. The van der Waals surface area contributed by atoms with Crippen molar-refractivity contribution in [1.82, 2.24) is 15.5 Å². The molecule has 0 aliphatic carbocycles. The first kappa shape index (κ1) is 18.0. The summed E-state index contributed by atoms with van der Waals surface area (Å²) in [4.78, 5) is 23.6. The van der Waals surface area contributed by atoms with Gasteiger partial charge in [0.2, 0.25) is 11.0 Å². The second-order valence-corrected chi connectivity index (χ2v) is 6.56. The molecule has 8 nitrogen and oxygen atoms in total. The first-order valence-corrected chi connectivity index (χ1v) is 8.26. The molecule has 3 amide bonds. The quantitative estimate of drug-likeness (QED) is 0.556. The Hall–Kier alpha value is -2.30. The smallest absolute Gasteiger partial charge is 0.321 e. The second kappa shape index (κ2) is 8.52. The van der Waals surface area contributed by atoms with E-state index >= 15 is 0 Å². The van der Waals surface area contributed by atoms with Crippen molar-refractivity contribution < 1.29 is 14.3 Å². The number of benzene rings is 1. The summed E-state index contributed by atoms with van der Waals surface area (Å²) in [5.41, 5.74) is 6.31. The lowest BCUT2D eigenvalue weighted by Gasteiger charge is -2.22. The summed E-state index contributed by atoms with van der Waals surface area (Å²) in [5, 5.41) is 11.6. The lowest BCUT2D eigenvalue weighted by Crippen LogP contribution is -2.52. The van der Waals surface area contributed by atoms with Crippen LogP contribution in [-0.4, -0.2) is 34.3 Å². The number of aromatic nitrogens is 2. The Morgan fingerprint density at radius 1 is 1.42 bits per heavy atom.